The summed E-state index contributed by atoms with van der Waals surface area (Å²) in [6.07, 6.45) is 6.48. The molecule has 0 radical (unpaired) electrons. The van der Waals surface area contributed by atoms with Crippen molar-refractivity contribution in [3.8, 4) is 11.5 Å². The Hall–Kier alpha value is -2.74. The first kappa shape index (κ1) is 15.8. The SMILES string of the molecule is Cn1c(SC2CCc3ccccc3NC2=O)nnc1-c1cnccn1. The summed E-state index contributed by atoms with van der Waals surface area (Å²) in [6.45, 7) is 0. The second-order valence-corrected chi connectivity index (χ2v) is 6.92. The van der Waals surface area contributed by atoms with Crippen molar-refractivity contribution in [2.45, 2.75) is 23.2 Å². The van der Waals surface area contributed by atoms with E-state index >= 15 is 0 Å². The minimum absolute atomic E-state index is 0.000923. The van der Waals surface area contributed by atoms with Gasteiger partial charge in [0.05, 0.1) is 11.4 Å². The van der Waals surface area contributed by atoms with Gasteiger partial charge in [0.25, 0.3) is 0 Å². The number of thioether (sulfide) groups is 1. The van der Waals surface area contributed by atoms with Crippen LogP contribution < -0.4 is 5.32 Å². The van der Waals surface area contributed by atoms with Gasteiger partial charge in [-0.2, -0.15) is 0 Å². The Kier molecular flexibility index (Phi) is 4.19. The molecule has 0 saturated heterocycles. The van der Waals surface area contributed by atoms with E-state index in [1.165, 1.54) is 11.8 Å². The predicted octanol–water partition coefficient (Wildman–Crippen LogP) is 2.32. The average Bonchev–Trinajstić information content (AvgIpc) is 2.92. The summed E-state index contributed by atoms with van der Waals surface area (Å²) in [6, 6.07) is 7.92. The van der Waals surface area contributed by atoms with Gasteiger partial charge in [0.2, 0.25) is 5.91 Å². The highest BCUT2D eigenvalue weighted by atomic mass is 32.2. The highest BCUT2D eigenvalue weighted by Crippen LogP contribution is 2.31. The summed E-state index contributed by atoms with van der Waals surface area (Å²) in [7, 11) is 1.87. The summed E-state index contributed by atoms with van der Waals surface area (Å²) in [4.78, 5) is 20.9. The molecule has 0 saturated carbocycles. The largest absolute Gasteiger partial charge is 0.325 e. The normalized spacial score (nSPS) is 16.8. The summed E-state index contributed by atoms with van der Waals surface area (Å²) in [5.41, 5.74) is 2.72. The Labute approximate surface area is 148 Å². The maximum Gasteiger partial charge on any atom is 0.237 e. The smallest absolute Gasteiger partial charge is 0.237 e. The number of fused-ring (bicyclic) bond motifs is 1. The van der Waals surface area contributed by atoms with Gasteiger partial charge in [-0.25, -0.2) is 4.98 Å². The third-order valence-electron chi connectivity index (χ3n) is 4.12. The van der Waals surface area contributed by atoms with E-state index in [1.807, 2.05) is 29.8 Å². The first-order valence-electron chi connectivity index (χ1n) is 7.93. The topological polar surface area (TPSA) is 85.6 Å². The molecule has 7 nitrogen and oxygen atoms in total. The molecule has 1 atom stereocenters. The van der Waals surface area contributed by atoms with E-state index in [9.17, 15) is 4.79 Å². The number of nitrogens with zero attached hydrogens (tertiary/aromatic N) is 5. The van der Waals surface area contributed by atoms with Crippen molar-refractivity contribution in [1.82, 2.24) is 24.7 Å². The number of carbonyl (C=O) groups excluding carboxylic acids is 1. The number of aryl methyl sites for hydroxylation is 1. The van der Waals surface area contributed by atoms with Crippen molar-refractivity contribution >= 4 is 23.4 Å². The molecular formula is C17H16N6OS. The molecule has 1 aliphatic rings. The van der Waals surface area contributed by atoms with Crippen LogP contribution in [0.25, 0.3) is 11.5 Å². The number of anilines is 1. The van der Waals surface area contributed by atoms with Crippen LogP contribution in [0.2, 0.25) is 0 Å². The molecule has 126 valence electrons. The first-order valence-corrected chi connectivity index (χ1v) is 8.81. The molecule has 1 N–H and O–H groups in total. The van der Waals surface area contributed by atoms with Crippen molar-refractivity contribution in [3.05, 3.63) is 48.4 Å². The molecule has 1 unspecified atom stereocenters. The number of aromatic nitrogens is 5. The molecule has 3 heterocycles. The van der Waals surface area contributed by atoms with Gasteiger partial charge in [-0.1, -0.05) is 30.0 Å². The van der Waals surface area contributed by atoms with E-state index in [1.54, 1.807) is 18.6 Å². The van der Waals surface area contributed by atoms with Gasteiger partial charge in [0.15, 0.2) is 11.0 Å². The zero-order chi connectivity index (χ0) is 17.2. The standard InChI is InChI=1S/C17H16N6OS/c1-23-15(13-10-18-8-9-19-13)21-22-17(23)25-14-7-6-11-4-2-3-5-12(11)20-16(14)24/h2-5,8-10,14H,6-7H2,1H3,(H,20,24). The van der Waals surface area contributed by atoms with Crippen LogP contribution in [-0.2, 0) is 18.3 Å². The van der Waals surface area contributed by atoms with E-state index in [2.05, 4.69) is 31.5 Å². The predicted molar refractivity (Wildman–Crippen MR) is 95.1 cm³/mol. The van der Waals surface area contributed by atoms with Crippen LogP contribution in [0.1, 0.15) is 12.0 Å². The molecule has 0 fully saturated rings. The lowest BCUT2D eigenvalue weighted by Gasteiger charge is -2.12. The Morgan fingerprint density at radius 1 is 1.24 bits per heavy atom. The Balaban J connectivity index is 1.55. The molecule has 3 aromatic rings. The molecule has 25 heavy (non-hydrogen) atoms. The third kappa shape index (κ3) is 3.12. The van der Waals surface area contributed by atoms with Crippen molar-refractivity contribution in [2.75, 3.05) is 5.32 Å². The van der Waals surface area contributed by atoms with Crippen LogP contribution in [0.3, 0.4) is 0 Å². The Bertz CT molecular complexity index is 911. The maximum atomic E-state index is 12.6. The molecule has 0 aliphatic carbocycles. The van der Waals surface area contributed by atoms with Crippen LogP contribution in [0.15, 0.2) is 48.0 Å². The van der Waals surface area contributed by atoms with E-state index in [4.69, 9.17) is 0 Å². The van der Waals surface area contributed by atoms with Gasteiger partial charge >= 0.3 is 0 Å². The lowest BCUT2D eigenvalue weighted by atomic mass is 10.1. The molecule has 1 aliphatic heterocycles. The lowest BCUT2D eigenvalue weighted by molar-refractivity contribution is -0.115. The van der Waals surface area contributed by atoms with Crippen molar-refractivity contribution in [1.29, 1.82) is 0 Å². The van der Waals surface area contributed by atoms with Gasteiger partial charge in [-0.05, 0) is 24.5 Å². The molecule has 8 heteroatoms. The highest BCUT2D eigenvalue weighted by molar-refractivity contribution is 8.00. The fourth-order valence-electron chi connectivity index (χ4n) is 2.79. The second-order valence-electron chi connectivity index (χ2n) is 5.75. The Morgan fingerprint density at radius 2 is 2.12 bits per heavy atom. The quantitative estimate of drug-likeness (QED) is 0.778. The van der Waals surface area contributed by atoms with Crippen LogP contribution >= 0.6 is 11.8 Å². The highest BCUT2D eigenvalue weighted by Gasteiger charge is 2.26. The van der Waals surface area contributed by atoms with E-state index in [0.29, 0.717) is 16.7 Å². The van der Waals surface area contributed by atoms with Crippen LogP contribution in [0.5, 0.6) is 0 Å². The van der Waals surface area contributed by atoms with Gasteiger partial charge in [-0.3, -0.25) is 9.78 Å². The zero-order valence-corrected chi connectivity index (χ0v) is 14.4. The number of nitrogens with one attached hydrogen (secondary N) is 1. The molecule has 1 aromatic carbocycles. The number of carbonyl (C=O) groups is 1. The molecule has 0 bridgehead atoms. The number of para-hydroxylation sites is 1. The maximum absolute atomic E-state index is 12.6. The van der Waals surface area contributed by atoms with Crippen LogP contribution in [0.4, 0.5) is 5.69 Å². The summed E-state index contributed by atoms with van der Waals surface area (Å²) in [5, 5.41) is 11.9. The fourth-order valence-corrected chi connectivity index (χ4v) is 3.77. The van der Waals surface area contributed by atoms with Crippen molar-refractivity contribution < 1.29 is 4.79 Å². The Morgan fingerprint density at radius 3 is 2.96 bits per heavy atom. The van der Waals surface area contributed by atoms with Crippen molar-refractivity contribution in [3.63, 3.8) is 0 Å². The summed E-state index contributed by atoms with van der Waals surface area (Å²) in [5.74, 6) is 0.631. The van der Waals surface area contributed by atoms with Crippen LogP contribution in [0, 0.1) is 0 Å². The van der Waals surface area contributed by atoms with Crippen molar-refractivity contribution in [2.24, 2.45) is 7.05 Å². The van der Waals surface area contributed by atoms with E-state index < -0.39 is 0 Å². The van der Waals surface area contributed by atoms with Gasteiger partial charge in [0, 0.05) is 25.1 Å². The fraction of sp³-hybridized carbons (Fsp3) is 0.235. The van der Waals surface area contributed by atoms with Gasteiger partial charge < -0.3 is 9.88 Å². The molecule has 2 aromatic heterocycles. The number of rotatable bonds is 3. The van der Waals surface area contributed by atoms with E-state index in [0.717, 1.165) is 24.1 Å². The minimum atomic E-state index is -0.218. The first-order chi connectivity index (χ1) is 12.2. The van der Waals surface area contributed by atoms with Crippen LogP contribution in [-0.4, -0.2) is 35.9 Å². The lowest BCUT2D eigenvalue weighted by Crippen LogP contribution is -2.24. The molecule has 0 spiro atoms. The number of benzene rings is 1. The minimum Gasteiger partial charge on any atom is -0.325 e. The molecule has 1 amide bonds. The number of amides is 1. The third-order valence-corrected chi connectivity index (χ3v) is 5.42. The summed E-state index contributed by atoms with van der Waals surface area (Å²) >= 11 is 1.43. The number of hydrogen-bond donors (Lipinski definition) is 1. The zero-order valence-electron chi connectivity index (χ0n) is 13.6. The number of hydrogen-bond acceptors (Lipinski definition) is 6. The van der Waals surface area contributed by atoms with Gasteiger partial charge in [-0.15, -0.1) is 10.2 Å². The second kappa shape index (κ2) is 6.64. The molecular weight excluding hydrogens is 336 g/mol. The monoisotopic (exact) mass is 352 g/mol. The summed E-state index contributed by atoms with van der Waals surface area (Å²) < 4.78 is 1.85. The average molecular weight is 352 g/mol. The van der Waals surface area contributed by atoms with E-state index in [-0.39, 0.29) is 11.2 Å². The molecule has 4 rings (SSSR count). The van der Waals surface area contributed by atoms with Gasteiger partial charge in [0.1, 0.15) is 5.69 Å².